The maximum absolute atomic E-state index is 13.0. The van der Waals surface area contributed by atoms with Crippen molar-refractivity contribution in [2.24, 2.45) is 5.10 Å². The van der Waals surface area contributed by atoms with Crippen molar-refractivity contribution in [3.05, 3.63) is 59.4 Å². The Balaban J connectivity index is 2.10. The molecule has 0 aliphatic heterocycles. The van der Waals surface area contributed by atoms with Crippen molar-refractivity contribution >= 4 is 12.2 Å². The highest BCUT2D eigenvalue weighted by molar-refractivity contribution is 5.87. The quantitative estimate of drug-likeness (QED) is 0.637. The number of esters is 1. The lowest BCUT2D eigenvalue weighted by molar-refractivity contribution is 0.0589. The number of carbonyl (C=O) groups is 1. The molecule has 0 atom stereocenters. The molecule has 0 radical (unpaired) electrons. The molecule has 2 rings (SSSR count). The Bertz CT molecular complexity index is 630. The number of hydrogen-bond acceptors (Lipinski definition) is 3. The highest BCUT2D eigenvalue weighted by Crippen LogP contribution is 2.08. The zero-order valence-electron chi connectivity index (χ0n) is 10.7. The third kappa shape index (κ3) is 3.28. The predicted molar refractivity (Wildman–Crippen MR) is 69.7 cm³/mol. The van der Waals surface area contributed by atoms with Gasteiger partial charge < -0.3 is 4.74 Å². The molecule has 0 aliphatic carbocycles. The fraction of sp³-hybridized carbons (Fsp3) is 0.143. The zero-order valence-corrected chi connectivity index (χ0v) is 10.7. The molecule has 0 spiro atoms. The van der Waals surface area contributed by atoms with Gasteiger partial charge >= 0.3 is 5.97 Å². The number of ether oxygens (including phenoxy) is 1. The fourth-order valence-corrected chi connectivity index (χ4v) is 1.70. The standard InChI is InChI=1S/C14H12F2N2O2/c1-20-14(19)13-3-2-6-18(13)17-5-4-10-7-11(15)9-12(16)8-10/h2-3,5-9H,4H2,1H3/b17-5-. The molecule has 1 aromatic carbocycles. The number of hydrogen-bond donors (Lipinski definition) is 0. The summed E-state index contributed by atoms with van der Waals surface area (Å²) in [5.41, 5.74) is 0.729. The van der Waals surface area contributed by atoms with E-state index in [0.717, 1.165) is 6.07 Å². The molecule has 0 aliphatic rings. The minimum absolute atomic E-state index is 0.244. The van der Waals surface area contributed by atoms with E-state index in [1.807, 2.05) is 0 Å². The van der Waals surface area contributed by atoms with E-state index in [1.54, 1.807) is 18.3 Å². The first-order valence-corrected chi connectivity index (χ1v) is 5.83. The molecule has 104 valence electrons. The van der Waals surface area contributed by atoms with Crippen LogP contribution in [0.1, 0.15) is 16.1 Å². The maximum Gasteiger partial charge on any atom is 0.356 e. The van der Waals surface area contributed by atoms with Crippen molar-refractivity contribution in [3.8, 4) is 0 Å². The predicted octanol–water partition coefficient (Wildman–Crippen LogP) is 2.63. The Morgan fingerprint density at radius 3 is 2.70 bits per heavy atom. The van der Waals surface area contributed by atoms with Gasteiger partial charge in [-0.3, -0.25) is 0 Å². The summed E-state index contributed by atoms with van der Waals surface area (Å²) < 4.78 is 31.9. The van der Waals surface area contributed by atoms with Crippen LogP contribution in [0.4, 0.5) is 8.78 Å². The second-order valence-electron chi connectivity index (χ2n) is 4.01. The first-order valence-electron chi connectivity index (χ1n) is 5.83. The summed E-state index contributed by atoms with van der Waals surface area (Å²) in [4.78, 5) is 11.4. The summed E-state index contributed by atoms with van der Waals surface area (Å²) in [7, 11) is 1.28. The van der Waals surface area contributed by atoms with Crippen LogP contribution in [0.15, 0.2) is 41.6 Å². The molecule has 0 saturated carbocycles. The van der Waals surface area contributed by atoms with Gasteiger partial charge in [-0.25, -0.2) is 18.3 Å². The van der Waals surface area contributed by atoms with Crippen LogP contribution in [0.3, 0.4) is 0 Å². The van der Waals surface area contributed by atoms with E-state index < -0.39 is 17.6 Å². The van der Waals surface area contributed by atoms with Crippen LogP contribution >= 0.6 is 0 Å². The summed E-state index contributed by atoms with van der Waals surface area (Å²) in [5.74, 6) is -1.78. The largest absolute Gasteiger partial charge is 0.464 e. The number of nitrogens with zero attached hydrogens (tertiary/aromatic N) is 2. The highest BCUT2D eigenvalue weighted by atomic mass is 19.1. The first-order chi connectivity index (χ1) is 9.60. The topological polar surface area (TPSA) is 43.6 Å². The number of halogens is 2. The van der Waals surface area contributed by atoms with Gasteiger partial charge in [-0.1, -0.05) is 0 Å². The molecular formula is C14H12F2N2O2. The average Bonchev–Trinajstić information content (AvgIpc) is 2.85. The molecular weight excluding hydrogens is 266 g/mol. The second-order valence-corrected chi connectivity index (χ2v) is 4.01. The Kier molecular flexibility index (Phi) is 4.24. The van der Waals surface area contributed by atoms with Crippen LogP contribution in [-0.2, 0) is 11.2 Å². The molecule has 1 aromatic heterocycles. The average molecular weight is 278 g/mol. The Morgan fingerprint density at radius 2 is 2.05 bits per heavy atom. The van der Waals surface area contributed by atoms with Crippen molar-refractivity contribution in [1.82, 2.24) is 4.68 Å². The minimum Gasteiger partial charge on any atom is -0.464 e. The van der Waals surface area contributed by atoms with Gasteiger partial charge in [0, 0.05) is 24.9 Å². The monoisotopic (exact) mass is 278 g/mol. The van der Waals surface area contributed by atoms with Gasteiger partial charge in [-0.2, -0.15) is 5.10 Å². The number of rotatable bonds is 4. The fourth-order valence-electron chi connectivity index (χ4n) is 1.70. The molecule has 0 amide bonds. The lowest BCUT2D eigenvalue weighted by Gasteiger charge is -2.01. The lowest BCUT2D eigenvalue weighted by Crippen LogP contribution is -2.07. The molecule has 0 unspecified atom stereocenters. The van der Waals surface area contributed by atoms with Gasteiger partial charge in [0.15, 0.2) is 0 Å². The van der Waals surface area contributed by atoms with E-state index in [1.165, 1.54) is 30.1 Å². The van der Waals surface area contributed by atoms with E-state index in [2.05, 4.69) is 9.84 Å². The van der Waals surface area contributed by atoms with Crippen LogP contribution in [0.25, 0.3) is 0 Å². The van der Waals surface area contributed by atoms with Crippen molar-refractivity contribution < 1.29 is 18.3 Å². The van der Waals surface area contributed by atoms with Gasteiger partial charge in [-0.05, 0) is 29.8 Å². The second kappa shape index (κ2) is 6.10. The van der Waals surface area contributed by atoms with Crippen molar-refractivity contribution in [3.63, 3.8) is 0 Å². The summed E-state index contributed by atoms with van der Waals surface area (Å²) in [6, 6.07) is 6.47. The number of benzene rings is 1. The smallest absolute Gasteiger partial charge is 0.356 e. The van der Waals surface area contributed by atoms with Gasteiger partial charge in [0.1, 0.15) is 17.3 Å². The third-order valence-corrected chi connectivity index (χ3v) is 2.58. The van der Waals surface area contributed by atoms with E-state index in [9.17, 15) is 13.6 Å². The zero-order chi connectivity index (χ0) is 14.5. The Hall–Kier alpha value is -2.50. The molecule has 6 heteroatoms. The third-order valence-electron chi connectivity index (χ3n) is 2.58. The molecule has 1 heterocycles. The van der Waals surface area contributed by atoms with Gasteiger partial charge in [0.25, 0.3) is 0 Å². The van der Waals surface area contributed by atoms with Crippen LogP contribution in [0.2, 0.25) is 0 Å². The SMILES string of the molecule is COC(=O)c1cccn1/N=C\Cc1cc(F)cc(F)c1. The van der Waals surface area contributed by atoms with E-state index in [4.69, 9.17) is 0 Å². The van der Waals surface area contributed by atoms with Gasteiger partial charge in [0.05, 0.1) is 7.11 Å². The van der Waals surface area contributed by atoms with Crippen LogP contribution < -0.4 is 0 Å². The lowest BCUT2D eigenvalue weighted by atomic mass is 10.1. The molecule has 0 fully saturated rings. The number of methoxy groups -OCH3 is 1. The number of aromatic nitrogens is 1. The van der Waals surface area contributed by atoms with Crippen LogP contribution in [-0.4, -0.2) is 24.0 Å². The molecule has 0 saturated heterocycles. The summed E-state index contributed by atoms with van der Waals surface area (Å²) in [6.07, 6.45) is 3.28. The molecule has 0 bridgehead atoms. The summed E-state index contributed by atoms with van der Waals surface area (Å²) in [6.45, 7) is 0. The van der Waals surface area contributed by atoms with Crippen molar-refractivity contribution in [2.75, 3.05) is 7.11 Å². The van der Waals surface area contributed by atoms with Crippen LogP contribution in [0, 0.1) is 11.6 Å². The first kappa shape index (κ1) is 13.9. The van der Waals surface area contributed by atoms with Gasteiger partial charge in [0.2, 0.25) is 0 Å². The maximum atomic E-state index is 13.0. The normalized spacial score (nSPS) is 10.9. The van der Waals surface area contributed by atoms with E-state index in [0.29, 0.717) is 5.56 Å². The Morgan fingerprint density at radius 1 is 1.35 bits per heavy atom. The van der Waals surface area contributed by atoms with Crippen LogP contribution in [0.5, 0.6) is 0 Å². The van der Waals surface area contributed by atoms with E-state index in [-0.39, 0.29) is 12.1 Å². The molecule has 2 aromatic rings. The van der Waals surface area contributed by atoms with E-state index >= 15 is 0 Å². The minimum atomic E-state index is -0.635. The summed E-state index contributed by atoms with van der Waals surface area (Å²) >= 11 is 0. The molecule has 0 N–H and O–H groups in total. The number of carbonyl (C=O) groups excluding carboxylic acids is 1. The molecule has 4 nitrogen and oxygen atoms in total. The Labute approximate surface area is 114 Å². The van der Waals surface area contributed by atoms with Crippen molar-refractivity contribution in [1.29, 1.82) is 0 Å². The highest BCUT2D eigenvalue weighted by Gasteiger charge is 2.09. The molecule has 20 heavy (non-hydrogen) atoms. The summed E-state index contributed by atoms with van der Waals surface area (Å²) in [5, 5.41) is 4.04. The van der Waals surface area contributed by atoms with Gasteiger partial charge in [-0.15, -0.1) is 0 Å². The van der Waals surface area contributed by atoms with Crippen molar-refractivity contribution in [2.45, 2.75) is 6.42 Å².